The summed E-state index contributed by atoms with van der Waals surface area (Å²) in [5, 5.41) is 20.1. The lowest BCUT2D eigenvalue weighted by atomic mass is 10.0. The first-order chi connectivity index (χ1) is 16.9. The summed E-state index contributed by atoms with van der Waals surface area (Å²) in [5.41, 5.74) is 0.936. The van der Waals surface area contributed by atoms with Crippen LogP contribution in [0.5, 0.6) is 0 Å². The Morgan fingerprint density at radius 1 is 1.25 bits per heavy atom. The average molecular weight is 542 g/mol. The lowest BCUT2D eigenvalue weighted by Crippen LogP contribution is -2.41. The second-order valence-electron chi connectivity index (χ2n) is 8.46. The highest BCUT2D eigenvalue weighted by Gasteiger charge is 2.22. The minimum Gasteiger partial charge on any atom is -0.356 e. The zero-order valence-electron chi connectivity index (χ0n) is 20.5. The van der Waals surface area contributed by atoms with E-state index >= 15 is 4.39 Å². The van der Waals surface area contributed by atoms with Crippen molar-refractivity contribution in [1.82, 2.24) is 25.1 Å². The van der Waals surface area contributed by atoms with Gasteiger partial charge in [-0.25, -0.2) is 22.8 Å². The summed E-state index contributed by atoms with van der Waals surface area (Å²) in [6, 6.07) is 4.02. The summed E-state index contributed by atoms with van der Waals surface area (Å²) < 4.78 is 47.5. The smallest absolute Gasteiger partial charge is 0.229 e. The molecule has 11 nitrogen and oxygen atoms in total. The van der Waals surface area contributed by atoms with Crippen LogP contribution in [0.2, 0.25) is 5.02 Å². The van der Waals surface area contributed by atoms with Crippen LogP contribution in [0.4, 0.5) is 16.0 Å². The number of nitrogens with one attached hydrogen (secondary N) is 3. The minimum absolute atomic E-state index is 0.0162. The van der Waals surface area contributed by atoms with Gasteiger partial charge in [0.1, 0.15) is 5.69 Å². The molecule has 3 aromatic rings. The molecule has 0 fully saturated rings. The Morgan fingerprint density at radius 2 is 1.97 bits per heavy atom. The van der Waals surface area contributed by atoms with Gasteiger partial charge in [-0.3, -0.25) is 14.7 Å². The van der Waals surface area contributed by atoms with Crippen LogP contribution >= 0.6 is 11.6 Å². The van der Waals surface area contributed by atoms with Crippen molar-refractivity contribution in [3.05, 3.63) is 41.4 Å². The number of aliphatic hydroxyl groups excluding tert-OH is 1. The van der Waals surface area contributed by atoms with Gasteiger partial charge in [0.15, 0.2) is 5.82 Å². The van der Waals surface area contributed by atoms with E-state index in [4.69, 9.17) is 16.3 Å². The van der Waals surface area contributed by atoms with Gasteiger partial charge in [0.2, 0.25) is 22.4 Å². The first kappa shape index (κ1) is 27.7. The molecule has 0 spiro atoms. The van der Waals surface area contributed by atoms with E-state index in [1.807, 2.05) is 20.8 Å². The Hall–Kier alpha value is -2.84. The fourth-order valence-corrected chi connectivity index (χ4v) is 4.05. The van der Waals surface area contributed by atoms with Gasteiger partial charge in [-0.05, 0) is 39.0 Å². The number of aliphatic hydroxyl groups is 1. The number of anilines is 2. The van der Waals surface area contributed by atoms with E-state index in [0.717, 1.165) is 6.26 Å². The molecule has 14 heteroatoms. The highest BCUT2D eigenvalue weighted by molar-refractivity contribution is 7.92. The Kier molecular flexibility index (Phi) is 8.84. The second-order valence-corrected chi connectivity index (χ2v) is 10.6. The van der Waals surface area contributed by atoms with Crippen LogP contribution in [0, 0.1) is 5.82 Å². The third-order valence-electron chi connectivity index (χ3n) is 5.00. The number of hydrogen-bond acceptors (Lipinski definition) is 9. The van der Waals surface area contributed by atoms with Gasteiger partial charge in [-0.1, -0.05) is 11.6 Å². The second kappa shape index (κ2) is 11.5. The van der Waals surface area contributed by atoms with Crippen molar-refractivity contribution in [1.29, 1.82) is 0 Å². The van der Waals surface area contributed by atoms with Crippen molar-refractivity contribution >= 4 is 33.3 Å². The molecule has 3 rings (SSSR count). The number of ether oxygens (including phenoxy) is 1. The third-order valence-corrected chi connectivity index (χ3v) is 5.81. The zero-order chi connectivity index (χ0) is 26.6. The maximum atomic E-state index is 15.5. The Balaban J connectivity index is 2.02. The summed E-state index contributed by atoms with van der Waals surface area (Å²) in [5.74, 6) is -0.508. The highest BCUT2D eigenvalue weighted by atomic mass is 35.5. The number of benzene rings is 1. The largest absolute Gasteiger partial charge is 0.356 e. The van der Waals surface area contributed by atoms with Crippen molar-refractivity contribution in [2.75, 3.05) is 29.9 Å². The molecule has 0 aliphatic rings. The summed E-state index contributed by atoms with van der Waals surface area (Å²) in [6.45, 7) is 6.06. The van der Waals surface area contributed by atoms with Crippen LogP contribution in [-0.2, 0) is 14.8 Å². The van der Waals surface area contributed by atoms with E-state index in [-0.39, 0.29) is 34.1 Å². The molecule has 0 saturated carbocycles. The minimum atomic E-state index is -3.75. The lowest BCUT2D eigenvalue weighted by Gasteiger charge is -2.18. The van der Waals surface area contributed by atoms with Crippen LogP contribution in [0.1, 0.15) is 26.8 Å². The summed E-state index contributed by atoms with van der Waals surface area (Å²) >= 11 is 6.21. The standard InChI is InChI=1S/C22H29ClFN7O4S/c1-12(2)31-11-16(17-6-7-25-21(28-17)26-10-13(3)27-22(32)35-4)20(29-31)15-8-14(23)9-18(19(15)24)30-36(5,33)34/h6-9,11-13,22,27,30,32H,10H2,1-5H3,(H,25,26,28). The molecule has 2 atom stereocenters. The molecule has 2 aromatic heterocycles. The van der Waals surface area contributed by atoms with Gasteiger partial charge in [-0.15, -0.1) is 0 Å². The normalized spacial score (nSPS) is 13.6. The third kappa shape index (κ3) is 7.11. The van der Waals surface area contributed by atoms with Crippen LogP contribution in [-0.4, -0.2) is 65.6 Å². The van der Waals surface area contributed by atoms with E-state index in [0.29, 0.717) is 23.8 Å². The molecule has 0 amide bonds. The van der Waals surface area contributed by atoms with Crippen molar-refractivity contribution < 1.29 is 22.7 Å². The fraction of sp³-hybridized carbons (Fsp3) is 0.409. The Morgan fingerprint density at radius 3 is 2.61 bits per heavy atom. The number of nitrogens with zero attached hydrogens (tertiary/aromatic N) is 4. The monoisotopic (exact) mass is 541 g/mol. The lowest BCUT2D eigenvalue weighted by molar-refractivity contribution is -0.101. The molecule has 0 bridgehead atoms. The summed E-state index contributed by atoms with van der Waals surface area (Å²) in [7, 11) is -2.37. The van der Waals surface area contributed by atoms with Gasteiger partial charge < -0.3 is 15.2 Å². The van der Waals surface area contributed by atoms with E-state index in [1.165, 1.54) is 19.2 Å². The Labute approximate surface area is 214 Å². The van der Waals surface area contributed by atoms with Crippen molar-refractivity contribution in [2.24, 2.45) is 0 Å². The number of aromatic nitrogens is 4. The average Bonchev–Trinajstić information content (AvgIpc) is 3.25. The maximum Gasteiger partial charge on any atom is 0.229 e. The molecule has 4 N–H and O–H groups in total. The SMILES string of the molecule is COC(O)NC(C)CNc1nccc(-c2cn(C(C)C)nc2-c2cc(Cl)cc(NS(C)(=O)=O)c2F)n1. The molecule has 0 aliphatic heterocycles. The Bertz CT molecular complexity index is 1320. The topological polar surface area (TPSA) is 143 Å². The molecule has 0 aliphatic carbocycles. The van der Waals surface area contributed by atoms with Crippen LogP contribution in [0.15, 0.2) is 30.6 Å². The van der Waals surface area contributed by atoms with Gasteiger partial charge >= 0.3 is 0 Å². The number of halogens is 2. The predicted octanol–water partition coefficient (Wildman–Crippen LogP) is 3.06. The molecule has 196 valence electrons. The van der Waals surface area contributed by atoms with Crippen LogP contribution < -0.4 is 15.4 Å². The molecule has 36 heavy (non-hydrogen) atoms. The predicted molar refractivity (Wildman–Crippen MR) is 137 cm³/mol. The molecule has 0 radical (unpaired) electrons. The molecule has 2 heterocycles. The molecular formula is C22H29ClFN7O4S. The summed E-state index contributed by atoms with van der Waals surface area (Å²) in [4.78, 5) is 8.77. The van der Waals surface area contributed by atoms with Gasteiger partial charge in [0, 0.05) is 54.3 Å². The molecular weight excluding hydrogens is 513 g/mol. The molecule has 1 aromatic carbocycles. The zero-order valence-corrected chi connectivity index (χ0v) is 22.0. The van der Waals surface area contributed by atoms with Gasteiger partial charge in [0.25, 0.3) is 0 Å². The number of rotatable bonds is 11. The molecule has 2 unspecified atom stereocenters. The highest BCUT2D eigenvalue weighted by Crippen LogP contribution is 2.37. The van der Waals surface area contributed by atoms with E-state index in [1.54, 1.807) is 23.1 Å². The van der Waals surface area contributed by atoms with Crippen molar-refractivity contribution in [3.63, 3.8) is 0 Å². The quantitative estimate of drug-likeness (QED) is 0.269. The van der Waals surface area contributed by atoms with Crippen LogP contribution in [0.3, 0.4) is 0 Å². The fourth-order valence-electron chi connectivity index (χ4n) is 3.29. The van der Waals surface area contributed by atoms with Crippen molar-refractivity contribution in [2.45, 2.75) is 39.3 Å². The van der Waals surface area contributed by atoms with E-state index < -0.39 is 22.3 Å². The number of sulfonamides is 1. The van der Waals surface area contributed by atoms with E-state index in [9.17, 15) is 13.5 Å². The molecule has 0 saturated heterocycles. The van der Waals surface area contributed by atoms with Gasteiger partial charge in [-0.2, -0.15) is 5.10 Å². The maximum absolute atomic E-state index is 15.5. The number of hydrogen-bond donors (Lipinski definition) is 4. The first-order valence-corrected chi connectivity index (χ1v) is 13.3. The first-order valence-electron chi connectivity index (χ1n) is 11.0. The van der Waals surface area contributed by atoms with Gasteiger partial charge in [0.05, 0.1) is 17.6 Å². The summed E-state index contributed by atoms with van der Waals surface area (Å²) in [6.07, 6.45) is 3.10. The van der Waals surface area contributed by atoms with Crippen molar-refractivity contribution in [3.8, 4) is 22.5 Å². The van der Waals surface area contributed by atoms with Crippen LogP contribution in [0.25, 0.3) is 22.5 Å². The van der Waals surface area contributed by atoms with E-state index in [2.05, 4.69) is 30.4 Å². The number of methoxy groups -OCH3 is 1.